The van der Waals surface area contributed by atoms with Crippen molar-refractivity contribution >= 4 is 11.7 Å². The molecule has 1 amide bonds. The molecule has 106 valence electrons. The van der Waals surface area contributed by atoms with Crippen LogP contribution in [0.25, 0.3) is 0 Å². The second kappa shape index (κ2) is 6.52. The van der Waals surface area contributed by atoms with E-state index in [1.165, 1.54) is 0 Å². The number of nitrogens with one attached hydrogen (secondary N) is 1. The highest BCUT2D eigenvalue weighted by atomic mass is 16.1. The number of ketones is 1. The highest BCUT2D eigenvalue weighted by molar-refractivity contribution is 5.99. The van der Waals surface area contributed by atoms with E-state index >= 15 is 0 Å². The van der Waals surface area contributed by atoms with Crippen LogP contribution >= 0.6 is 0 Å². The molecule has 0 aliphatic heterocycles. The summed E-state index contributed by atoms with van der Waals surface area (Å²) in [4.78, 5) is 25.2. The topological polar surface area (TPSA) is 54.3 Å². The van der Waals surface area contributed by atoms with Crippen LogP contribution in [0.5, 0.6) is 0 Å². The molecule has 0 bridgehead atoms. The molecule has 0 aromatic carbocycles. The van der Waals surface area contributed by atoms with Crippen LogP contribution in [0, 0.1) is 13.8 Å². The Balaban J connectivity index is 2.59. The van der Waals surface area contributed by atoms with Crippen molar-refractivity contribution < 1.29 is 9.59 Å². The molecule has 0 unspecified atom stereocenters. The lowest BCUT2D eigenvalue weighted by atomic mass is 10.1. The standard InChI is InChI=1S/C14H23N3O2/c1-10-8-12(11(2)17(10)5)13(18)9-16(4)7-6-14(19)15-3/h8H,6-7,9H2,1-5H3,(H,15,19). The molecule has 1 aromatic rings. The first kappa shape index (κ1) is 15.4. The van der Waals surface area contributed by atoms with Gasteiger partial charge in [-0.05, 0) is 27.0 Å². The molecule has 0 fully saturated rings. The number of aromatic nitrogens is 1. The first-order valence-electron chi connectivity index (χ1n) is 6.42. The number of hydrogen-bond donors (Lipinski definition) is 1. The SMILES string of the molecule is CNC(=O)CCN(C)CC(=O)c1cc(C)n(C)c1C. The maximum absolute atomic E-state index is 12.2. The van der Waals surface area contributed by atoms with Crippen LogP contribution in [0.3, 0.4) is 0 Å². The summed E-state index contributed by atoms with van der Waals surface area (Å²) in [7, 11) is 5.42. The highest BCUT2D eigenvalue weighted by Gasteiger charge is 2.15. The Kier molecular flexibility index (Phi) is 5.30. The Morgan fingerprint density at radius 2 is 2.00 bits per heavy atom. The molecule has 1 aromatic heterocycles. The van der Waals surface area contributed by atoms with Crippen LogP contribution in [-0.2, 0) is 11.8 Å². The largest absolute Gasteiger partial charge is 0.359 e. The summed E-state index contributed by atoms with van der Waals surface area (Å²) < 4.78 is 2.01. The Labute approximate surface area is 114 Å². The minimum absolute atomic E-state index is 0.00830. The minimum Gasteiger partial charge on any atom is -0.359 e. The molecule has 0 saturated heterocycles. The molecule has 0 saturated carbocycles. The molecule has 5 nitrogen and oxygen atoms in total. The summed E-state index contributed by atoms with van der Waals surface area (Å²) >= 11 is 0. The van der Waals surface area contributed by atoms with Gasteiger partial charge < -0.3 is 9.88 Å². The molecule has 5 heteroatoms. The number of Topliss-reactive ketones (excluding diaryl/α,β-unsaturated/α-hetero) is 1. The van der Waals surface area contributed by atoms with Gasteiger partial charge in [0.2, 0.25) is 5.91 Å². The van der Waals surface area contributed by atoms with Gasteiger partial charge in [-0.3, -0.25) is 14.5 Å². The molecule has 19 heavy (non-hydrogen) atoms. The molecule has 0 radical (unpaired) electrons. The van der Waals surface area contributed by atoms with Crippen LogP contribution in [-0.4, -0.2) is 48.3 Å². The molecule has 0 spiro atoms. The van der Waals surface area contributed by atoms with Gasteiger partial charge in [0.15, 0.2) is 5.78 Å². The number of rotatable bonds is 6. The second-order valence-corrected chi connectivity index (χ2v) is 4.93. The fourth-order valence-corrected chi connectivity index (χ4v) is 1.96. The van der Waals surface area contributed by atoms with E-state index in [2.05, 4.69) is 5.32 Å². The third-order valence-corrected chi connectivity index (χ3v) is 3.49. The number of aryl methyl sites for hydroxylation is 1. The van der Waals surface area contributed by atoms with Gasteiger partial charge in [-0.1, -0.05) is 0 Å². The molecule has 1 rings (SSSR count). The van der Waals surface area contributed by atoms with Crippen molar-refractivity contribution in [2.24, 2.45) is 7.05 Å². The Morgan fingerprint density at radius 1 is 1.37 bits per heavy atom. The van der Waals surface area contributed by atoms with Crippen molar-refractivity contribution in [3.63, 3.8) is 0 Å². The molecule has 0 aliphatic rings. The van der Waals surface area contributed by atoms with E-state index in [4.69, 9.17) is 0 Å². The number of hydrogen-bond acceptors (Lipinski definition) is 3. The maximum Gasteiger partial charge on any atom is 0.221 e. The van der Waals surface area contributed by atoms with E-state index in [0.29, 0.717) is 19.5 Å². The van der Waals surface area contributed by atoms with Gasteiger partial charge in [0.1, 0.15) is 0 Å². The average Bonchev–Trinajstić information content (AvgIpc) is 2.63. The van der Waals surface area contributed by atoms with Crippen molar-refractivity contribution in [1.29, 1.82) is 0 Å². The molecule has 1 N–H and O–H groups in total. The normalized spacial score (nSPS) is 10.8. The fraction of sp³-hybridized carbons (Fsp3) is 0.571. The second-order valence-electron chi connectivity index (χ2n) is 4.93. The Hall–Kier alpha value is -1.62. The number of carbonyl (C=O) groups is 2. The molecule has 1 heterocycles. The van der Waals surface area contributed by atoms with Gasteiger partial charge in [-0.2, -0.15) is 0 Å². The lowest BCUT2D eigenvalue weighted by molar-refractivity contribution is -0.120. The first-order valence-corrected chi connectivity index (χ1v) is 6.42. The minimum atomic E-state index is -0.00830. The van der Waals surface area contributed by atoms with Crippen LogP contribution in [0.15, 0.2) is 6.07 Å². The quantitative estimate of drug-likeness (QED) is 0.777. The van der Waals surface area contributed by atoms with Crippen molar-refractivity contribution in [3.8, 4) is 0 Å². The molecular formula is C14H23N3O2. The zero-order valence-corrected chi connectivity index (χ0v) is 12.4. The first-order chi connectivity index (χ1) is 8.86. The number of likely N-dealkylation sites (N-methyl/N-ethyl adjacent to an activating group) is 1. The number of amides is 1. The third-order valence-electron chi connectivity index (χ3n) is 3.49. The van der Waals surface area contributed by atoms with Crippen LogP contribution in [0.4, 0.5) is 0 Å². The molecule has 0 atom stereocenters. The van der Waals surface area contributed by atoms with Crippen molar-refractivity contribution in [2.45, 2.75) is 20.3 Å². The summed E-state index contributed by atoms with van der Waals surface area (Å²) in [5, 5.41) is 2.57. The van der Waals surface area contributed by atoms with Gasteiger partial charge in [0.25, 0.3) is 0 Å². The van der Waals surface area contributed by atoms with E-state index in [1.54, 1.807) is 7.05 Å². The van der Waals surface area contributed by atoms with Gasteiger partial charge in [-0.25, -0.2) is 0 Å². The monoisotopic (exact) mass is 265 g/mol. The Morgan fingerprint density at radius 3 is 2.47 bits per heavy atom. The summed E-state index contributed by atoms with van der Waals surface area (Å²) in [6.07, 6.45) is 0.410. The van der Waals surface area contributed by atoms with Gasteiger partial charge in [0, 0.05) is 44.0 Å². The Bertz CT molecular complexity index is 477. The van der Waals surface area contributed by atoms with Crippen LogP contribution in [0.1, 0.15) is 28.2 Å². The number of nitrogens with zero attached hydrogens (tertiary/aromatic N) is 2. The van der Waals surface area contributed by atoms with Gasteiger partial charge in [-0.15, -0.1) is 0 Å². The molecular weight excluding hydrogens is 242 g/mol. The summed E-state index contributed by atoms with van der Waals surface area (Å²) in [6.45, 7) is 4.85. The lowest BCUT2D eigenvalue weighted by Crippen LogP contribution is -2.30. The lowest BCUT2D eigenvalue weighted by Gasteiger charge is -2.15. The summed E-state index contributed by atoms with van der Waals surface area (Å²) in [5.74, 6) is 0.0895. The van der Waals surface area contributed by atoms with E-state index < -0.39 is 0 Å². The van der Waals surface area contributed by atoms with Crippen molar-refractivity contribution in [1.82, 2.24) is 14.8 Å². The van der Waals surface area contributed by atoms with Crippen LogP contribution < -0.4 is 5.32 Å². The highest BCUT2D eigenvalue weighted by Crippen LogP contribution is 2.14. The van der Waals surface area contributed by atoms with Crippen molar-refractivity contribution in [3.05, 3.63) is 23.0 Å². The zero-order valence-electron chi connectivity index (χ0n) is 12.4. The third kappa shape index (κ3) is 3.92. The zero-order chi connectivity index (χ0) is 14.6. The number of carbonyl (C=O) groups excluding carboxylic acids is 2. The van der Waals surface area contributed by atoms with Gasteiger partial charge >= 0.3 is 0 Å². The van der Waals surface area contributed by atoms with E-state index in [9.17, 15) is 9.59 Å². The maximum atomic E-state index is 12.2. The smallest absolute Gasteiger partial charge is 0.221 e. The summed E-state index contributed by atoms with van der Waals surface area (Å²) in [5.41, 5.74) is 2.84. The van der Waals surface area contributed by atoms with Crippen molar-refractivity contribution in [2.75, 3.05) is 27.2 Å². The molecule has 0 aliphatic carbocycles. The predicted molar refractivity (Wildman–Crippen MR) is 75.4 cm³/mol. The fourth-order valence-electron chi connectivity index (χ4n) is 1.96. The average molecular weight is 265 g/mol. The predicted octanol–water partition coefficient (Wildman–Crippen LogP) is 0.893. The van der Waals surface area contributed by atoms with Gasteiger partial charge in [0.05, 0.1) is 6.54 Å². The van der Waals surface area contributed by atoms with E-state index in [-0.39, 0.29) is 11.7 Å². The summed E-state index contributed by atoms with van der Waals surface area (Å²) in [6, 6.07) is 1.92. The van der Waals surface area contributed by atoms with Crippen LogP contribution in [0.2, 0.25) is 0 Å². The van der Waals surface area contributed by atoms with E-state index in [0.717, 1.165) is 17.0 Å². The van der Waals surface area contributed by atoms with E-state index in [1.807, 2.05) is 43.5 Å².